The lowest BCUT2D eigenvalue weighted by atomic mass is 9.54. The highest BCUT2D eigenvalue weighted by Gasteiger charge is 2.47. The van der Waals surface area contributed by atoms with Crippen molar-refractivity contribution in [3.63, 3.8) is 0 Å². The molecular formula is C14H20N2O. The number of rotatable bonds is 3. The Bertz CT molecular complexity index is 359. The van der Waals surface area contributed by atoms with Gasteiger partial charge in [0.25, 0.3) is 0 Å². The van der Waals surface area contributed by atoms with Crippen molar-refractivity contribution in [1.82, 2.24) is 10.3 Å². The smallest absolute Gasteiger partial charge is 0.180 e. The highest BCUT2D eigenvalue weighted by atomic mass is 16.3. The maximum atomic E-state index is 5.30. The van der Waals surface area contributed by atoms with Crippen LogP contribution in [0.1, 0.15) is 37.9 Å². The molecule has 3 nitrogen and oxygen atoms in total. The Labute approximate surface area is 102 Å². The fourth-order valence-electron chi connectivity index (χ4n) is 4.81. The molecule has 5 rings (SSSR count). The summed E-state index contributed by atoms with van der Waals surface area (Å²) in [5, 5.41) is 3.73. The van der Waals surface area contributed by atoms with Gasteiger partial charge in [-0.2, -0.15) is 0 Å². The standard InChI is InChI=1S/C14H20N2O/c1-9-2-11-4-10(1)5-12(3-9)14(11)16-7-13-6-15-8-17-13/h6,8-12,14,16H,1-5,7H2. The van der Waals surface area contributed by atoms with Gasteiger partial charge in [0, 0.05) is 6.04 Å². The summed E-state index contributed by atoms with van der Waals surface area (Å²) in [6, 6.07) is 0.743. The molecule has 4 saturated carbocycles. The van der Waals surface area contributed by atoms with Gasteiger partial charge in [-0.25, -0.2) is 4.98 Å². The molecule has 0 atom stereocenters. The summed E-state index contributed by atoms with van der Waals surface area (Å²) in [5.41, 5.74) is 0. The van der Waals surface area contributed by atoms with Gasteiger partial charge in [0.1, 0.15) is 5.76 Å². The first-order valence-corrected chi connectivity index (χ1v) is 6.99. The van der Waals surface area contributed by atoms with E-state index in [2.05, 4.69) is 10.3 Å². The molecule has 1 aromatic heterocycles. The average molecular weight is 232 g/mol. The number of hydrogen-bond acceptors (Lipinski definition) is 3. The summed E-state index contributed by atoms with van der Waals surface area (Å²) < 4.78 is 5.30. The number of aromatic nitrogens is 1. The van der Waals surface area contributed by atoms with Gasteiger partial charge in [-0.3, -0.25) is 0 Å². The largest absolute Gasteiger partial charge is 0.447 e. The third kappa shape index (κ3) is 1.71. The molecule has 1 heterocycles. The molecule has 4 bridgehead atoms. The Morgan fingerprint density at radius 2 is 1.82 bits per heavy atom. The molecule has 3 heteroatoms. The Morgan fingerprint density at radius 1 is 1.12 bits per heavy atom. The van der Waals surface area contributed by atoms with Crippen molar-refractivity contribution in [3.05, 3.63) is 18.4 Å². The van der Waals surface area contributed by atoms with Crippen LogP contribution in [0.3, 0.4) is 0 Å². The number of nitrogens with one attached hydrogen (secondary N) is 1. The Balaban J connectivity index is 1.44. The summed E-state index contributed by atoms with van der Waals surface area (Å²) in [7, 11) is 0. The van der Waals surface area contributed by atoms with Crippen LogP contribution in [0.5, 0.6) is 0 Å². The minimum absolute atomic E-state index is 0.743. The van der Waals surface area contributed by atoms with E-state index in [4.69, 9.17) is 4.42 Å². The monoisotopic (exact) mass is 232 g/mol. The average Bonchev–Trinajstić information content (AvgIpc) is 2.80. The number of hydrogen-bond donors (Lipinski definition) is 1. The molecule has 17 heavy (non-hydrogen) atoms. The minimum Gasteiger partial charge on any atom is -0.447 e. The zero-order valence-electron chi connectivity index (χ0n) is 10.1. The van der Waals surface area contributed by atoms with Crippen molar-refractivity contribution < 1.29 is 4.42 Å². The quantitative estimate of drug-likeness (QED) is 0.870. The third-order valence-corrected chi connectivity index (χ3v) is 5.22. The number of nitrogens with zero attached hydrogens (tertiary/aromatic N) is 1. The molecule has 0 aromatic carbocycles. The highest BCUT2D eigenvalue weighted by Crippen LogP contribution is 2.53. The van der Waals surface area contributed by atoms with Crippen LogP contribution in [-0.2, 0) is 6.54 Å². The van der Waals surface area contributed by atoms with Gasteiger partial charge in [-0.15, -0.1) is 0 Å². The van der Waals surface area contributed by atoms with Crippen LogP contribution in [0.2, 0.25) is 0 Å². The zero-order chi connectivity index (χ0) is 11.2. The predicted molar refractivity (Wildman–Crippen MR) is 64.2 cm³/mol. The van der Waals surface area contributed by atoms with Crippen LogP contribution < -0.4 is 5.32 Å². The first-order chi connectivity index (χ1) is 8.38. The molecule has 0 radical (unpaired) electrons. The summed E-state index contributed by atoms with van der Waals surface area (Å²) in [5.74, 6) is 4.96. The SMILES string of the molecule is c1ncc(CNC2C3CC4CC(C3)CC2C4)o1. The molecule has 4 aliphatic rings. The van der Waals surface area contributed by atoms with Gasteiger partial charge in [-0.05, 0) is 55.8 Å². The lowest BCUT2D eigenvalue weighted by Crippen LogP contribution is -2.54. The van der Waals surface area contributed by atoms with Gasteiger partial charge in [0.2, 0.25) is 0 Å². The van der Waals surface area contributed by atoms with E-state index >= 15 is 0 Å². The van der Waals surface area contributed by atoms with Gasteiger partial charge in [-0.1, -0.05) is 0 Å². The van der Waals surface area contributed by atoms with E-state index in [0.717, 1.165) is 42.0 Å². The molecule has 0 saturated heterocycles. The van der Waals surface area contributed by atoms with Crippen LogP contribution in [0.4, 0.5) is 0 Å². The van der Waals surface area contributed by atoms with Crippen molar-refractivity contribution in [1.29, 1.82) is 0 Å². The van der Waals surface area contributed by atoms with E-state index < -0.39 is 0 Å². The minimum atomic E-state index is 0.743. The van der Waals surface area contributed by atoms with Gasteiger partial charge < -0.3 is 9.73 Å². The lowest BCUT2D eigenvalue weighted by molar-refractivity contribution is -0.0147. The number of oxazole rings is 1. The highest BCUT2D eigenvalue weighted by molar-refractivity contribution is 5.02. The molecular weight excluding hydrogens is 212 g/mol. The van der Waals surface area contributed by atoms with E-state index in [0.29, 0.717) is 0 Å². The Morgan fingerprint density at radius 3 is 2.41 bits per heavy atom. The molecule has 0 spiro atoms. The second-order valence-corrected chi connectivity index (χ2v) is 6.31. The van der Waals surface area contributed by atoms with Gasteiger partial charge in [0.05, 0.1) is 12.7 Å². The predicted octanol–water partition coefficient (Wildman–Crippen LogP) is 2.59. The molecule has 92 valence electrons. The zero-order valence-corrected chi connectivity index (χ0v) is 10.1. The third-order valence-electron chi connectivity index (χ3n) is 5.22. The van der Waals surface area contributed by atoms with E-state index in [1.165, 1.54) is 38.5 Å². The fraction of sp³-hybridized carbons (Fsp3) is 0.786. The normalized spacial score (nSPS) is 43.2. The molecule has 4 fully saturated rings. The fourth-order valence-corrected chi connectivity index (χ4v) is 4.81. The summed E-state index contributed by atoms with van der Waals surface area (Å²) in [6.07, 6.45) is 10.8. The van der Waals surface area contributed by atoms with E-state index in [1.807, 2.05) is 6.20 Å². The topological polar surface area (TPSA) is 38.1 Å². The van der Waals surface area contributed by atoms with Crippen LogP contribution >= 0.6 is 0 Å². The van der Waals surface area contributed by atoms with Crippen LogP contribution in [0.25, 0.3) is 0 Å². The van der Waals surface area contributed by atoms with E-state index in [1.54, 1.807) is 0 Å². The summed E-state index contributed by atoms with van der Waals surface area (Å²) in [6.45, 7) is 0.854. The first-order valence-electron chi connectivity index (χ1n) is 6.99. The molecule has 4 aliphatic carbocycles. The summed E-state index contributed by atoms with van der Waals surface area (Å²) in [4.78, 5) is 3.97. The molecule has 1 aromatic rings. The second kappa shape index (κ2) is 3.84. The van der Waals surface area contributed by atoms with Gasteiger partial charge in [0.15, 0.2) is 6.39 Å². The Kier molecular flexibility index (Phi) is 2.29. The maximum absolute atomic E-state index is 5.30. The molecule has 0 unspecified atom stereocenters. The molecule has 0 aliphatic heterocycles. The van der Waals surface area contributed by atoms with Crippen LogP contribution in [-0.4, -0.2) is 11.0 Å². The van der Waals surface area contributed by atoms with E-state index in [9.17, 15) is 0 Å². The van der Waals surface area contributed by atoms with Crippen molar-refractivity contribution in [3.8, 4) is 0 Å². The van der Waals surface area contributed by atoms with Crippen molar-refractivity contribution >= 4 is 0 Å². The van der Waals surface area contributed by atoms with Crippen molar-refractivity contribution in [2.45, 2.75) is 44.7 Å². The Hall–Kier alpha value is -0.830. The maximum Gasteiger partial charge on any atom is 0.180 e. The van der Waals surface area contributed by atoms with Crippen LogP contribution in [0, 0.1) is 23.7 Å². The van der Waals surface area contributed by atoms with E-state index in [-0.39, 0.29) is 0 Å². The lowest BCUT2D eigenvalue weighted by Gasteiger charge is -2.54. The van der Waals surface area contributed by atoms with Crippen molar-refractivity contribution in [2.75, 3.05) is 0 Å². The first kappa shape index (κ1) is 10.1. The van der Waals surface area contributed by atoms with Crippen LogP contribution in [0.15, 0.2) is 17.0 Å². The molecule has 1 N–H and O–H groups in total. The van der Waals surface area contributed by atoms with Gasteiger partial charge >= 0.3 is 0 Å². The summed E-state index contributed by atoms with van der Waals surface area (Å²) >= 11 is 0. The van der Waals surface area contributed by atoms with Crippen molar-refractivity contribution in [2.24, 2.45) is 23.7 Å². The second-order valence-electron chi connectivity index (χ2n) is 6.31. The molecule has 0 amide bonds.